The highest BCUT2D eigenvalue weighted by atomic mass is 16.5. The standard InChI is InChI=1S/C21H22N6O/c1-14-8-10-15(11-9-14)20-22-21(17-6-4-7-18-19(17)24-26-23-18)27(25-20)13-16-5-2-3-12-28-16/h4,6-11,16H,2-3,5,12-13H2,1H3,(H,23,24,26). The molecule has 1 fully saturated rings. The minimum absolute atomic E-state index is 0.163. The fourth-order valence-corrected chi connectivity index (χ4v) is 3.69. The van der Waals surface area contributed by atoms with E-state index in [9.17, 15) is 0 Å². The van der Waals surface area contributed by atoms with Crippen LogP contribution in [0, 0.1) is 6.92 Å². The fraction of sp³-hybridized carbons (Fsp3) is 0.333. The van der Waals surface area contributed by atoms with Gasteiger partial charge in [0.1, 0.15) is 11.0 Å². The van der Waals surface area contributed by atoms with Gasteiger partial charge in [-0.1, -0.05) is 35.9 Å². The molecule has 28 heavy (non-hydrogen) atoms. The summed E-state index contributed by atoms with van der Waals surface area (Å²) in [6, 6.07) is 14.2. The quantitative estimate of drug-likeness (QED) is 0.588. The van der Waals surface area contributed by atoms with E-state index in [4.69, 9.17) is 14.8 Å². The highest BCUT2D eigenvalue weighted by Gasteiger charge is 2.21. The van der Waals surface area contributed by atoms with Crippen molar-refractivity contribution in [3.63, 3.8) is 0 Å². The topological polar surface area (TPSA) is 81.5 Å². The number of aromatic amines is 1. The molecule has 0 bridgehead atoms. The summed E-state index contributed by atoms with van der Waals surface area (Å²) < 4.78 is 7.92. The van der Waals surface area contributed by atoms with E-state index in [0.717, 1.165) is 47.4 Å². The van der Waals surface area contributed by atoms with Gasteiger partial charge in [-0.05, 0) is 38.3 Å². The van der Waals surface area contributed by atoms with Crippen molar-refractivity contribution in [1.29, 1.82) is 0 Å². The number of aromatic nitrogens is 6. The summed E-state index contributed by atoms with van der Waals surface area (Å²) in [6.45, 7) is 3.58. The van der Waals surface area contributed by atoms with Crippen LogP contribution in [-0.4, -0.2) is 42.9 Å². The predicted octanol–water partition coefficient (Wildman–Crippen LogP) is 3.76. The van der Waals surface area contributed by atoms with Gasteiger partial charge in [0.25, 0.3) is 0 Å². The van der Waals surface area contributed by atoms with Gasteiger partial charge in [-0.3, -0.25) is 0 Å². The van der Waals surface area contributed by atoms with Crippen molar-refractivity contribution >= 4 is 11.0 Å². The van der Waals surface area contributed by atoms with E-state index < -0.39 is 0 Å². The number of nitrogens with one attached hydrogen (secondary N) is 1. The van der Waals surface area contributed by atoms with Crippen LogP contribution < -0.4 is 0 Å². The van der Waals surface area contributed by atoms with Crippen LogP contribution >= 0.6 is 0 Å². The molecule has 0 saturated carbocycles. The molecule has 5 rings (SSSR count). The largest absolute Gasteiger partial charge is 0.376 e. The van der Waals surface area contributed by atoms with E-state index in [1.54, 1.807) is 0 Å². The Bertz CT molecular complexity index is 1090. The number of H-pyrrole nitrogens is 1. The number of benzene rings is 2. The maximum absolute atomic E-state index is 5.95. The number of ether oxygens (including phenoxy) is 1. The molecule has 0 radical (unpaired) electrons. The maximum atomic E-state index is 5.95. The van der Waals surface area contributed by atoms with E-state index in [-0.39, 0.29) is 6.10 Å². The lowest BCUT2D eigenvalue weighted by atomic mass is 10.1. The summed E-state index contributed by atoms with van der Waals surface area (Å²) in [5, 5.41) is 16.1. The van der Waals surface area contributed by atoms with Gasteiger partial charge in [0.05, 0.1) is 12.6 Å². The Labute approximate surface area is 162 Å². The van der Waals surface area contributed by atoms with Crippen LogP contribution in [0.4, 0.5) is 0 Å². The van der Waals surface area contributed by atoms with Crippen LogP contribution in [0.1, 0.15) is 24.8 Å². The Hall–Kier alpha value is -3.06. The Balaban J connectivity index is 1.61. The van der Waals surface area contributed by atoms with Gasteiger partial charge in [-0.15, -0.1) is 0 Å². The molecular formula is C21H22N6O. The number of nitrogens with zero attached hydrogens (tertiary/aromatic N) is 5. The molecule has 7 nitrogen and oxygen atoms in total. The fourth-order valence-electron chi connectivity index (χ4n) is 3.69. The minimum Gasteiger partial charge on any atom is -0.376 e. The molecule has 2 aromatic carbocycles. The van der Waals surface area contributed by atoms with E-state index in [1.165, 1.54) is 12.0 Å². The van der Waals surface area contributed by atoms with Crippen LogP contribution in [0.3, 0.4) is 0 Å². The first-order valence-electron chi connectivity index (χ1n) is 9.71. The second-order valence-electron chi connectivity index (χ2n) is 7.29. The third-order valence-corrected chi connectivity index (χ3v) is 5.22. The molecule has 1 saturated heterocycles. The molecule has 1 unspecified atom stereocenters. The Kier molecular flexibility index (Phi) is 4.37. The lowest BCUT2D eigenvalue weighted by molar-refractivity contribution is 0.00428. The molecule has 7 heteroatoms. The molecular weight excluding hydrogens is 352 g/mol. The maximum Gasteiger partial charge on any atom is 0.181 e. The smallest absolute Gasteiger partial charge is 0.181 e. The number of hydrogen-bond acceptors (Lipinski definition) is 5. The lowest BCUT2D eigenvalue weighted by Gasteiger charge is -2.22. The first kappa shape index (κ1) is 17.1. The molecule has 3 heterocycles. The van der Waals surface area contributed by atoms with Gasteiger partial charge in [-0.25, -0.2) is 9.67 Å². The molecule has 0 amide bonds. The Morgan fingerprint density at radius 1 is 1.11 bits per heavy atom. The summed E-state index contributed by atoms with van der Waals surface area (Å²) in [5.74, 6) is 1.51. The number of fused-ring (bicyclic) bond motifs is 1. The zero-order chi connectivity index (χ0) is 18.9. The van der Waals surface area contributed by atoms with Gasteiger partial charge in [0.15, 0.2) is 11.6 Å². The molecule has 2 aromatic heterocycles. The molecule has 4 aromatic rings. The van der Waals surface area contributed by atoms with Crippen molar-refractivity contribution in [2.24, 2.45) is 0 Å². The Morgan fingerprint density at radius 3 is 2.82 bits per heavy atom. The van der Waals surface area contributed by atoms with Crippen molar-refractivity contribution in [2.45, 2.75) is 38.8 Å². The van der Waals surface area contributed by atoms with Crippen LogP contribution in [0.5, 0.6) is 0 Å². The van der Waals surface area contributed by atoms with Crippen molar-refractivity contribution in [2.75, 3.05) is 6.61 Å². The van der Waals surface area contributed by atoms with Crippen LogP contribution in [0.2, 0.25) is 0 Å². The summed E-state index contributed by atoms with van der Waals surface area (Å²) in [5.41, 5.74) is 4.76. The number of para-hydroxylation sites is 1. The summed E-state index contributed by atoms with van der Waals surface area (Å²) in [4.78, 5) is 4.89. The molecule has 1 aliphatic rings. The highest BCUT2D eigenvalue weighted by molar-refractivity contribution is 5.89. The number of aryl methyl sites for hydroxylation is 1. The van der Waals surface area contributed by atoms with Crippen LogP contribution in [0.25, 0.3) is 33.8 Å². The zero-order valence-corrected chi connectivity index (χ0v) is 15.8. The van der Waals surface area contributed by atoms with E-state index in [2.05, 4.69) is 46.6 Å². The molecule has 1 aliphatic heterocycles. The number of rotatable bonds is 4. The van der Waals surface area contributed by atoms with Crippen molar-refractivity contribution in [3.8, 4) is 22.8 Å². The minimum atomic E-state index is 0.163. The summed E-state index contributed by atoms with van der Waals surface area (Å²) >= 11 is 0. The van der Waals surface area contributed by atoms with Gasteiger partial charge in [0.2, 0.25) is 0 Å². The Morgan fingerprint density at radius 2 is 2.00 bits per heavy atom. The second kappa shape index (κ2) is 7.16. The normalized spacial score (nSPS) is 17.2. The molecule has 1 atom stereocenters. The van der Waals surface area contributed by atoms with Crippen LogP contribution in [-0.2, 0) is 11.3 Å². The monoisotopic (exact) mass is 374 g/mol. The first-order valence-corrected chi connectivity index (χ1v) is 9.71. The predicted molar refractivity (Wildman–Crippen MR) is 107 cm³/mol. The van der Waals surface area contributed by atoms with Gasteiger partial charge in [-0.2, -0.15) is 20.5 Å². The van der Waals surface area contributed by atoms with Gasteiger partial charge in [0, 0.05) is 17.7 Å². The van der Waals surface area contributed by atoms with E-state index >= 15 is 0 Å². The van der Waals surface area contributed by atoms with E-state index in [1.807, 2.05) is 22.9 Å². The molecule has 1 N–H and O–H groups in total. The molecule has 0 aliphatic carbocycles. The second-order valence-corrected chi connectivity index (χ2v) is 7.29. The summed E-state index contributed by atoms with van der Waals surface area (Å²) in [7, 11) is 0. The zero-order valence-electron chi connectivity index (χ0n) is 15.8. The first-order chi connectivity index (χ1) is 13.8. The van der Waals surface area contributed by atoms with Crippen molar-refractivity contribution in [3.05, 3.63) is 48.0 Å². The van der Waals surface area contributed by atoms with Crippen molar-refractivity contribution in [1.82, 2.24) is 30.2 Å². The van der Waals surface area contributed by atoms with Gasteiger partial charge < -0.3 is 4.74 Å². The average molecular weight is 374 g/mol. The lowest BCUT2D eigenvalue weighted by Crippen LogP contribution is -2.25. The SMILES string of the molecule is Cc1ccc(-c2nc(-c3cccc4n[nH]nc34)n(CC3CCCCO3)n2)cc1. The highest BCUT2D eigenvalue weighted by Crippen LogP contribution is 2.28. The van der Waals surface area contributed by atoms with Crippen molar-refractivity contribution < 1.29 is 4.74 Å². The molecule has 142 valence electrons. The number of hydrogen-bond donors (Lipinski definition) is 1. The summed E-state index contributed by atoms with van der Waals surface area (Å²) in [6.07, 6.45) is 3.54. The van der Waals surface area contributed by atoms with E-state index in [0.29, 0.717) is 12.4 Å². The van der Waals surface area contributed by atoms with Gasteiger partial charge >= 0.3 is 0 Å². The molecule has 0 spiro atoms. The third-order valence-electron chi connectivity index (χ3n) is 5.22. The average Bonchev–Trinajstić information content (AvgIpc) is 3.36. The third kappa shape index (κ3) is 3.18. The van der Waals surface area contributed by atoms with Crippen LogP contribution in [0.15, 0.2) is 42.5 Å².